The number of hydrogen-bond acceptors (Lipinski definition) is 2. The van der Waals surface area contributed by atoms with Crippen molar-refractivity contribution in [2.75, 3.05) is 19.6 Å². The molecule has 1 saturated heterocycles. The van der Waals surface area contributed by atoms with Crippen molar-refractivity contribution in [1.29, 1.82) is 0 Å². The summed E-state index contributed by atoms with van der Waals surface area (Å²) in [6.07, 6.45) is 0. The van der Waals surface area contributed by atoms with Crippen LogP contribution in [0.25, 0.3) is 0 Å². The minimum absolute atomic E-state index is 0. The lowest BCUT2D eigenvalue weighted by Gasteiger charge is -2.25. The van der Waals surface area contributed by atoms with Crippen LogP contribution in [0.15, 0.2) is 24.3 Å². The molecular formula is C13H21ClN2. The smallest absolute Gasteiger partial charge is 0.0447 e. The van der Waals surface area contributed by atoms with Crippen molar-refractivity contribution in [1.82, 2.24) is 10.6 Å². The Kier molecular flexibility index (Phi) is 5.26. The zero-order valence-corrected chi connectivity index (χ0v) is 10.8. The molecule has 2 N–H and O–H groups in total. The van der Waals surface area contributed by atoms with E-state index in [9.17, 15) is 0 Å². The van der Waals surface area contributed by atoms with Gasteiger partial charge in [-0.25, -0.2) is 0 Å². The van der Waals surface area contributed by atoms with Gasteiger partial charge in [-0.2, -0.15) is 0 Å². The second-order valence-electron chi connectivity index (χ2n) is 4.53. The van der Waals surface area contributed by atoms with Crippen LogP contribution in [-0.4, -0.2) is 19.6 Å². The van der Waals surface area contributed by atoms with Crippen molar-refractivity contribution in [2.24, 2.45) is 0 Å². The zero-order chi connectivity index (χ0) is 10.7. The van der Waals surface area contributed by atoms with E-state index in [2.05, 4.69) is 48.7 Å². The summed E-state index contributed by atoms with van der Waals surface area (Å²) in [6, 6.07) is 9.48. The number of rotatable bonds is 2. The van der Waals surface area contributed by atoms with Crippen molar-refractivity contribution >= 4 is 12.4 Å². The van der Waals surface area contributed by atoms with Crippen molar-refractivity contribution in [3.63, 3.8) is 0 Å². The SMILES string of the molecule is CC(C)c1ccc([C@H]2CNCCN2)cc1.Cl. The summed E-state index contributed by atoms with van der Waals surface area (Å²) in [4.78, 5) is 0. The Morgan fingerprint density at radius 2 is 1.81 bits per heavy atom. The van der Waals surface area contributed by atoms with Crippen molar-refractivity contribution in [3.8, 4) is 0 Å². The first-order valence-electron chi connectivity index (χ1n) is 5.81. The van der Waals surface area contributed by atoms with Gasteiger partial charge in [0.25, 0.3) is 0 Å². The molecule has 1 aliphatic heterocycles. The van der Waals surface area contributed by atoms with E-state index in [1.807, 2.05) is 0 Å². The van der Waals surface area contributed by atoms with Crippen molar-refractivity contribution in [3.05, 3.63) is 35.4 Å². The molecule has 1 aromatic rings. The maximum atomic E-state index is 3.52. The van der Waals surface area contributed by atoms with E-state index in [0.29, 0.717) is 12.0 Å². The Morgan fingerprint density at radius 3 is 2.31 bits per heavy atom. The van der Waals surface area contributed by atoms with Gasteiger partial charge in [-0.1, -0.05) is 38.1 Å². The van der Waals surface area contributed by atoms with E-state index in [1.54, 1.807) is 0 Å². The summed E-state index contributed by atoms with van der Waals surface area (Å²) in [7, 11) is 0. The first-order valence-corrected chi connectivity index (χ1v) is 5.81. The second-order valence-corrected chi connectivity index (χ2v) is 4.53. The fourth-order valence-corrected chi connectivity index (χ4v) is 2.00. The standard InChI is InChI=1S/C13H20N2.ClH/c1-10(2)11-3-5-12(6-4-11)13-9-14-7-8-15-13;/h3-6,10,13-15H,7-9H2,1-2H3;1H/t13-;/m1./s1. The molecule has 16 heavy (non-hydrogen) atoms. The summed E-state index contributed by atoms with van der Waals surface area (Å²) < 4.78 is 0. The second kappa shape index (κ2) is 6.24. The molecule has 0 radical (unpaired) electrons. The normalized spacial score (nSPS) is 20.6. The molecule has 0 bridgehead atoms. The first kappa shape index (κ1) is 13.5. The summed E-state index contributed by atoms with van der Waals surface area (Å²) in [5.41, 5.74) is 2.81. The van der Waals surface area contributed by atoms with E-state index in [-0.39, 0.29) is 12.4 Å². The molecule has 1 aliphatic rings. The van der Waals surface area contributed by atoms with Crippen LogP contribution in [0.2, 0.25) is 0 Å². The fourth-order valence-electron chi connectivity index (χ4n) is 2.00. The zero-order valence-electron chi connectivity index (χ0n) is 9.99. The molecule has 1 atom stereocenters. The minimum Gasteiger partial charge on any atom is -0.314 e. The van der Waals surface area contributed by atoms with Gasteiger partial charge < -0.3 is 10.6 Å². The monoisotopic (exact) mass is 240 g/mol. The molecule has 0 amide bonds. The van der Waals surface area contributed by atoms with E-state index in [4.69, 9.17) is 0 Å². The Bertz CT molecular complexity index is 302. The van der Waals surface area contributed by atoms with E-state index in [0.717, 1.165) is 19.6 Å². The predicted octanol–water partition coefficient (Wildman–Crippen LogP) is 2.47. The molecule has 90 valence electrons. The van der Waals surface area contributed by atoms with E-state index in [1.165, 1.54) is 11.1 Å². The summed E-state index contributed by atoms with van der Waals surface area (Å²) in [5.74, 6) is 0.622. The highest BCUT2D eigenvalue weighted by Gasteiger charge is 2.13. The summed E-state index contributed by atoms with van der Waals surface area (Å²) >= 11 is 0. The number of halogens is 1. The third kappa shape index (κ3) is 3.21. The van der Waals surface area contributed by atoms with Crippen LogP contribution < -0.4 is 10.6 Å². The van der Waals surface area contributed by atoms with Crippen molar-refractivity contribution < 1.29 is 0 Å². The van der Waals surface area contributed by atoms with Crippen LogP contribution in [0, 0.1) is 0 Å². The number of piperazine rings is 1. The van der Waals surface area contributed by atoms with Gasteiger partial charge >= 0.3 is 0 Å². The highest BCUT2D eigenvalue weighted by Crippen LogP contribution is 2.18. The first-order chi connectivity index (χ1) is 7.27. The third-order valence-electron chi connectivity index (χ3n) is 3.05. The van der Waals surface area contributed by atoms with E-state index >= 15 is 0 Å². The van der Waals surface area contributed by atoms with Crippen LogP contribution in [0.5, 0.6) is 0 Å². The minimum atomic E-state index is 0. The van der Waals surface area contributed by atoms with Gasteiger partial charge in [-0.05, 0) is 17.0 Å². The Balaban J connectivity index is 0.00000128. The lowest BCUT2D eigenvalue weighted by Crippen LogP contribution is -2.42. The van der Waals surface area contributed by atoms with Crippen LogP contribution in [-0.2, 0) is 0 Å². The number of benzene rings is 1. The molecule has 0 aliphatic carbocycles. The molecule has 1 aromatic carbocycles. The molecule has 0 saturated carbocycles. The highest BCUT2D eigenvalue weighted by atomic mass is 35.5. The lowest BCUT2D eigenvalue weighted by molar-refractivity contribution is 0.430. The number of hydrogen-bond donors (Lipinski definition) is 2. The molecule has 0 spiro atoms. The fraction of sp³-hybridized carbons (Fsp3) is 0.538. The average molecular weight is 241 g/mol. The van der Waals surface area contributed by atoms with Gasteiger partial charge in [-0.3, -0.25) is 0 Å². The molecule has 3 heteroatoms. The van der Waals surface area contributed by atoms with Gasteiger partial charge in [0, 0.05) is 25.7 Å². The van der Waals surface area contributed by atoms with Crippen LogP contribution in [0.4, 0.5) is 0 Å². The lowest BCUT2D eigenvalue weighted by atomic mass is 9.98. The van der Waals surface area contributed by atoms with Gasteiger partial charge in [0.2, 0.25) is 0 Å². The van der Waals surface area contributed by atoms with Crippen LogP contribution in [0.3, 0.4) is 0 Å². The Labute approximate surface area is 104 Å². The van der Waals surface area contributed by atoms with Gasteiger partial charge in [-0.15, -0.1) is 12.4 Å². The van der Waals surface area contributed by atoms with Crippen LogP contribution in [0.1, 0.15) is 36.9 Å². The molecule has 0 aromatic heterocycles. The predicted molar refractivity (Wildman–Crippen MR) is 71.4 cm³/mol. The molecule has 0 unspecified atom stereocenters. The quantitative estimate of drug-likeness (QED) is 0.830. The highest BCUT2D eigenvalue weighted by molar-refractivity contribution is 5.85. The molecule has 2 nitrogen and oxygen atoms in total. The Morgan fingerprint density at radius 1 is 1.12 bits per heavy atom. The molecular weight excluding hydrogens is 220 g/mol. The molecule has 2 rings (SSSR count). The summed E-state index contributed by atoms with van der Waals surface area (Å²) in [5, 5.41) is 6.93. The van der Waals surface area contributed by atoms with Gasteiger partial charge in [0.05, 0.1) is 0 Å². The van der Waals surface area contributed by atoms with Crippen LogP contribution >= 0.6 is 12.4 Å². The maximum Gasteiger partial charge on any atom is 0.0447 e. The van der Waals surface area contributed by atoms with E-state index < -0.39 is 0 Å². The summed E-state index contributed by atoms with van der Waals surface area (Å²) in [6.45, 7) is 7.66. The molecule has 1 heterocycles. The maximum absolute atomic E-state index is 3.52. The van der Waals surface area contributed by atoms with Crippen molar-refractivity contribution in [2.45, 2.75) is 25.8 Å². The van der Waals surface area contributed by atoms with Gasteiger partial charge in [0.1, 0.15) is 0 Å². The third-order valence-corrected chi connectivity index (χ3v) is 3.05. The molecule has 1 fully saturated rings. The largest absolute Gasteiger partial charge is 0.314 e. The van der Waals surface area contributed by atoms with Gasteiger partial charge in [0.15, 0.2) is 0 Å². The Hall–Kier alpha value is -0.570. The topological polar surface area (TPSA) is 24.1 Å². The number of nitrogens with one attached hydrogen (secondary N) is 2. The average Bonchev–Trinajstić information content (AvgIpc) is 2.30.